The first kappa shape index (κ1) is 51.0. The van der Waals surface area contributed by atoms with Gasteiger partial charge in [0, 0.05) is 49.2 Å². The van der Waals surface area contributed by atoms with Gasteiger partial charge in [0.15, 0.2) is 22.9 Å². The molecule has 344 valence electrons. The summed E-state index contributed by atoms with van der Waals surface area (Å²) in [5.74, 6) is -2.04. The van der Waals surface area contributed by atoms with Crippen LogP contribution in [0.3, 0.4) is 0 Å². The Morgan fingerprint density at radius 1 is 0.662 bits per heavy atom. The molecule has 0 spiro atoms. The molecule has 15 nitrogen and oxygen atoms in total. The smallest absolute Gasteiger partial charge is 0.242 e. The molecule has 0 saturated carbocycles. The molecule has 2 atom stereocenters. The summed E-state index contributed by atoms with van der Waals surface area (Å²) >= 11 is 3.05. The highest BCUT2D eigenvalue weighted by Crippen LogP contribution is 2.27. The summed E-state index contributed by atoms with van der Waals surface area (Å²) in [6.45, 7) is 14.9. The maximum atomic E-state index is 13.4. The average molecular weight is 975 g/mol. The molecule has 6 rings (SSSR count). The lowest BCUT2D eigenvalue weighted by Gasteiger charge is -2.34. The quantitative estimate of drug-likeness (QED) is 0.0959. The van der Waals surface area contributed by atoms with Crippen LogP contribution >= 0.6 is 15.9 Å². The summed E-state index contributed by atoms with van der Waals surface area (Å²) in [5, 5.41) is 23.3. The number of likely N-dealkylation sites (N-methyl/N-ethyl adjacent to an activating group) is 1. The summed E-state index contributed by atoms with van der Waals surface area (Å²) in [6, 6.07) is 32.1. The molecule has 0 radical (unpaired) electrons. The van der Waals surface area contributed by atoms with Crippen LogP contribution in [0.2, 0.25) is 0 Å². The molecule has 0 aliphatic carbocycles. The van der Waals surface area contributed by atoms with Crippen molar-refractivity contribution in [3.63, 3.8) is 0 Å². The van der Waals surface area contributed by atoms with Crippen LogP contribution in [0.1, 0.15) is 33.4 Å². The van der Waals surface area contributed by atoms with Gasteiger partial charge in [0.1, 0.15) is 0 Å². The van der Waals surface area contributed by atoms with Gasteiger partial charge in [-0.2, -0.15) is 10.5 Å². The second-order valence-electron chi connectivity index (χ2n) is 16.4. The van der Waals surface area contributed by atoms with Gasteiger partial charge in [-0.1, -0.05) is 88.7 Å². The molecule has 2 unspecified atom stereocenters. The molecule has 2 aliphatic heterocycles. The Hall–Kier alpha value is -8.02. The first-order chi connectivity index (χ1) is 32.7. The van der Waals surface area contributed by atoms with Gasteiger partial charge in [-0.3, -0.25) is 28.8 Å². The molecule has 0 bridgehead atoms. The van der Waals surface area contributed by atoms with E-state index in [0.29, 0.717) is 46.5 Å². The standard InChI is InChI=1S/C27H27N5O3.C25H21BrN4O3/c1-29-24-10-8-20(9-11-24)13-23-17-32(26(34)15-30-25(33)18-31(2)3)16-22(27(23)35)12-19-4-6-21(14-28)7-5-19;1-28-22-8-6-18(7-9-22)11-21-16-30(24(32)14-29-23(31)12-26)15-20(25(21)33)10-17-2-4-19(13-27)5-3-17/h4-11,13,22H,12,15-18H2,2-3H3,(H,30,33);2-9,11,20H,10,12,14-16H2,(H,29,31)/b23-13+;21-11+. The molecule has 2 aliphatic rings. The lowest BCUT2D eigenvalue weighted by atomic mass is 9.86. The minimum atomic E-state index is -0.452. The number of amides is 4. The van der Waals surface area contributed by atoms with E-state index in [1.807, 2.05) is 24.3 Å². The van der Waals surface area contributed by atoms with Gasteiger partial charge < -0.3 is 25.3 Å². The van der Waals surface area contributed by atoms with Crippen molar-refractivity contribution in [1.82, 2.24) is 25.3 Å². The predicted molar refractivity (Wildman–Crippen MR) is 260 cm³/mol. The van der Waals surface area contributed by atoms with E-state index in [1.54, 1.807) is 114 Å². The Kier molecular flexibility index (Phi) is 18.8. The third-order valence-electron chi connectivity index (χ3n) is 11.0. The summed E-state index contributed by atoms with van der Waals surface area (Å²) in [6.07, 6.45) is 4.36. The van der Waals surface area contributed by atoms with E-state index in [-0.39, 0.29) is 86.3 Å². The van der Waals surface area contributed by atoms with E-state index in [4.69, 9.17) is 23.7 Å². The molecule has 4 amide bonds. The van der Waals surface area contributed by atoms with Crippen LogP contribution in [0.4, 0.5) is 11.4 Å². The van der Waals surface area contributed by atoms with Gasteiger partial charge in [0.05, 0.1) is 61.4 Å². The maximum Gasteiger partial charge on any atom is 0.242 e. The highest BCUT2D eigenvalue weighted by molar-refractivity contribution is 9.09. The van der Waals surface area contributed by atoms with Crippen LogP contribution in [0.15, 0.2) is 108 Å². The number of nitrogens with one attached hydrogen (secondary N) is 2. The number of halogens is 1. The first-order valence-corrected chi connectivity index (χ1v) is 22.6. The number of likely N-dealkylation sites (tertiary alicyclic amines) is 2. The highest BCUT2D eigenvalue weighted by Gasteiger charge is 2.35. The van der Waals surface area contributed by atoms with Crippen molar-refractivity contribution >= 4 is 74.7 Å². The number of rotatable bonds is 13. The predicted octanol–water partition coefficient (Wildman–Crippen LogP) is 5.71. The maximum absolute atomic E-state index is 13.4. The summed E-state index contributed by atoms with van der Waals surface area (Å²) in [4.78, 5) is 87.5. The first-order valence-electron chi connectivity index (χ1n) is 21.4. The normalized spacial score (nSPS) is 16.6. The zero-order valence-electron chi connectivity index (χ0n) is 37.6. The fourth-order valence-corrected chi connectivity index (χ4v) is 7.70. The molecule has 2 fully saturated rings. The molecule has 4 aromatic carbocycles. The Labute approximate surface area is 404 Å². The van der Waals surface area contributed by atoms with Crippen LogP contribution in [-0.4, -0.2) is 115 Å². The summed E-state index contributed by atoms with van der Waals surface area (Å²) < 4.78 is 0. The average Bonchev–Trinajstić information content (AvgIpc) is 3.35. The Morgan fingerprint density at radius 2 is 1.04 bits per heavy atom. The van der Waals surface area contributed by atoms with Gasteiger partial charge in [-0.05, 0) is 85.6 Å². The number of nitriles is 2. The monoisotopic (exact) mass is 973 g/mol. The third-order valence-corrected chi connectivity index (χ3v) is 11.5. The number of nitrogens with zero attached hydrogens (tertiary/aromatic N) is 7. The second-order valence-corrected chi connectivity index (χ2v) is 16.9. The van der Waals surface area contributed by atoms with E-state index >= 15 is 0 Å². The number of hydrogen-bond acceptors (Lipinski definition) is 9. The van der Waals surface area contributed by atoms with Crippen molar-refractivity contribution < 1.29 is 28.8 Å². The molecule has 16 heteroatoms. The minimum absolute atomic E-state index is 0.0377. The van der Waals surface area contributed by atoms with Crippen molar-refractivity contribution in [2.24, 2.45) is 11.8 Å². The zero-order valence-corrected chi connectivity index (χ0v) is 39.2. The molecule has 2 saturated heterocycles. The number of carbonyl (C=O) groups is 6. The molecule has 68 heavy (non-hydrogen) atoms. The number of alkyl halides is 1. The van der Waals surface area contributed by atoms with Crippen LogP contribution in [0, 0.1) is 47.6 Å². The van der Waals surface area contributed by atoms with E-state index in [2.05, 4.69) is 48.4 Å². The highest BCUT2D eigenvalue weighted by atomic mass is 79.9. The van der Waals surface area contributed by atoms with Gasteiger partial charge in [0.25, 0.3) is 0 Å². The van der Waals surface area contributed by atoms with Crippen molar-refractivity contribution in [2.45, 2.75) is 12.8 Å². The Balaban J connectivity index is 0.000000255. The number of Topliss-reactive ketones (excluding diaryl/α,β-unsaturated/α-hetero) is 2. The molecule has 2 N–H and O–H groups in total. The molecule has 0 aromatic heterocycles. The van der Waals surface area contributed by atoms with Gasteiger partial charge in [-0.15, -0.1) is 0 Å². The SMILES string of the molecule is [C-]#[N+]c1ccc(/C=C2\CN(C(=O)CNC(=O)CBr)CC(Cc3ccc(C#N)cc3)C2=O)cc1.[C-]#[N+]c1ccc(/C=C2\CN(C(=O)CNC(=O)CN(C)C)CC(Cc3ccc(C#N)cc3)C2=O)cc1. The van der Waals surface area contributed by atoms with E-state index < -0.39 is 11.8 Å². The number of piperidine rings is 2. The number of hydrogen-bond donors (Lipinski definition) is 2. The van der Waals surface area contributed by atoms with Crippen LogP contribution in [-0.2, 0) is 41.6 Å². The van der Waals surface area contributed by atoms with Gasteiger partial charge >= 0.3 is 0 Å². The Bertz CT molecular complexity index is 2740. The number of ketones is 2. The number of carbonyl (C=O) groups excluding carboxylic acids is 6. The molecular weight excluding hydrogens is 927 g/mol. The van der Waals surface area contributed by atoms with Crippen molar-refractivity contribution in [3.8, 4) is 12.1 Å². The lowest BCUT2D eigenvalue weighted by molar-refractivity contribution is -0.136. The molecule has 2 heterocycles. The van der Waals surface area contributed by atoms with E-state index in [0.717, 1.165) is 22.3 Å². The lowest BCUT2D eigenvalue weighted by Crippen LogP contribution is -2.49. The fourth-order valence-electron chi connectivity index (χ4n) is 7.50. The third kappa shape index (κ3) is 15.0. The Morgan fingerprint density at radius 3 is 1.38 bits per heavy atom. The van der Waals surface area contributed by atoms with Gasteiger partial charge in [-0.25, -0.2) is 9.69 Å². The van der Waals surface area contributed by atoms with Crippen molar-refractivity contribution in [3.05, 3.63) is 164 Å². The van der Waals surface area contributed by atoms with Crippen LogP contribution < -0.4 is 10.6 Å². The molecule has 4 aromatic rings. The topological polar surface area (TPSA) is 192 Å². The van der Waals surface area contributed by atoms with Crippen LogP contribution in [0.5, 0.6) is 0 Å². The summed E-state index contributed by atoms with van der Waals surface area (Å²) in [7, 11) is 3.54. The van der Waals surface area contributed by atoms with Gasteiger partial charge in [0.2, 0.25) is 23.6 Å². The number of benzene rings is 4. The van der Waals surface area contributed by atoms with E-state index in [9.17, 15) is 28.8 Å². The minimum Gasteiger partial charge on any atom is -0.346 e. The molecular formula is C52H48BrN9O6. The second kappa shape index (κ2) is 25.0. The largest absolute Gasteiger partial charge is 0.346 e. The summed E-state index contributed by atoms with van der Waals surface area (Å²) in [5.41, 5.74) is 6.42. The zero-order chi connectivity index (χ0) is 49.2. The van der Waals surface area contributed by atoms with E-state index in [1.165, 1.54) is 0 Å². The van der Waals surface area contributed by atoms with Crippen molar-refractivity contribution in [2.75, 3.05) is 65.2 Å². The van der Waals surface area contributed by atoms with Crippen LogP contribution in [0.25, 0.3) is 21.8 Å². The fraction of sp³-hybridized carbons (Fsp3) is 0.269. The van der Waals surface area contributed by atoms with Crippen molar-refractivity contribution in [1.29, 1.82) is 10.5 Å².